The zero-order valence-electron chi connectivity index (χ0n) is 10.2. The van der Waals surface area contributed by atoms with E-state index in [9.17, 15) is 4.79 Å². The zero-order valence-corrected chi connectivity index (χ0v) is 11.8. The van der Waals surface area contributed by atoms with Crippen molar-refractivity contribution >= 4 is 21.7 Å². The van der Waals surface area contributed by atoms with Gasteiger partial charge in [-0.2, -0.15) is 0 Å². The summed E-state index contributed by atoms with van der Waals surface area (Å²) >= 11 is 3.51. The fourth-order valence-electron chi connectivity index (χ4n) is 1.94. The van der Waals surface area contributed by atoms with E-state index in [-0.39, 0.29) is 11.6 Å². The van der Waals surface area contributed by atoms with Crippen molar-refractivity contribution in [3.63, 3.8) is 0 Å². The molecule has 1 aromatic rings. The third-order valence-electron chi connectivity index (χ3n) is 2.87. The summed E-state index contributed by atoms with van der Waals surface area (Å²) in [5, 5.41) is 3.19. The molecule has 0 spiro atoms. The number of nitrogens with zero attached hydrogens (tertiary/aromatic N) is 2. The molecule has 2 atom stereocenters. The van der Waals surface area contributed by atoms with Gasteiger partial charge in [-0.05, 0) is 26.2 Å². The topological polar surface area (TPSA) is 46.9 Å². The third-order valence-corrected chi connectivity index (χ3v) is 3.24. The number of aromatic nitrogens is 2. The number of anilines is 1. The number of rotatable bonds is 5. The van der Waals surface area contributed by atoms with Crippen LogP contribution >= 0.6 is 15.9 Å². The second-order valence-electron chi connectivity index (χ2n) is 4.78. The number of hydrogen-bond donors (Lipinski definition) is 1. The van der Waals surface area contributed by atoms with Crippen molar-refractivity contribution in [3.8, 4) is 0 Å². The van der Waals surface area contributed by atoms with Crippen LogP contribution in [-0.4, -0.2) is 20.4 Å². The molecule has 1 aliphatic rings. The van der Waals surface area contributed by atoms with Crippen LogP contribution in [0.2, 0.25) is 0 Å². The molecule has 1 N–H and O–H groups in total. The van der Waals surface area contributed by atoms with Gasteiger partial charge in [0.05, 0.1) is 0 Å². The summed E-state index contributed by atoms with van der Waals surface area (Å²) in [6.07, 6.45) is 6.66. The van der Waals surface area contributed by atoms with Crippen molar-refractivity contribution in [2.24, 2.45) is 0 Å². The van der Waals surface area contributed by atoms with Crippen molar-refractivity contribution < 1.29 is 0 Å². The fraction of sp³-hybridized carbons (Fsp3) is 0.667. The third kappa shape index (κ3) is 3.31. The molecule has 0 bridgehead atoms. The van der Waals surface area contributed by atoms with Crippen LogP contribution in [0.4, 0.5) is 5.82 Å². The summed E-state index contributed by atoms with van der Waals surface area (Å²) < 4.78 is 1.79. The molecule has 1 heterocycles. The van der Waals surface area contributed by atoms with Crippen molar-refractivity contribution in [2.75, 3.05) is 5.32 Å². The average molecular weight is 300 g/mol. The Morgan fingerprint density at radius 1 is 1.59 bits per heavy atom. The van der Waals surface area contributed by atoms with E-state index in [2.05, 4.69) is 40.1 Å². The minimum Gasteiger partial charge on any atom is -0.363 e. The Morgan fingerprint density at radius 3 is 2.88 bits per heavy atom. The van der Waals surface area contributed by atoms with E-state index >= 15 is 0 Å². The molecule has 2 unspecified atom stereocenters. The highest BCUT2D eigenvalue weighted by molar-refractivity contribution is 9.09. The second-order valence-corrected chi connectivity index (χ2v) is 6.34. The normalized spacial score (nSPS) is 18.8. The Labute approximate surface area is 110 Å². The van der Waals surface area contributed by atoms with E-state index in [1.807, 2.05) is 0 Å². The maximum atomic E-state index is 12.1. The molecule has 0 aromatic carbocycles. The Balaban J connectivity index is 2.10. The lowest BCUT2D eigenvalue weighted by atomic mass is 10.2. The van der Waals surface area contributed by atoms with Crippen molar-refractivity contribution in [2.45, 2.75) is 50.0 Å². The minimum absolute atomic E-state index is 0.00377. The van der Waals surface area contributed by atoms with Crippen LogP contribution in [-0.2, 0) is 0 Å². The van der Waals surface area contributed by atoms with Crippen LogP contribution in [0.25, 0.3) is 0 Å². The number of halogens is 1. The Kier molecular flexibility index (Phi) is 3.86. The van der Waals surface area contributed by atoms with Gasteiger partial charge in [0.1, 0.15) is 0 Å². The molecule has 0 saturated heterocycles. The lowest BCUT2D eigenvalue weighted by Gasteiger charge is -2.16. The molecule has 0 aliphatic heterocycles. The highest BCUT2D eigenvalue weighted by atomic mass is 79.9. The van der Waals surface area contributed by atoms with Gasteiger partial charge in [-0.1, -0.05) is 22.9 Å². The van der Waals surface area contributed by atoms with Crippen LogP contribution in [0, 0.1) is 0 Å². The lowest BCUT2D eigenvalue weighted by molar-refractivity contribution is 0.677. The molecule has 0 amide bonds. The first-order chi connectivity index (χ1) is 8.08. The summed E-state index contributed by atoms with van der Waals surface area (Å²) in [6.45, 7) is 4.16. The molecular weight excluding hydrogens is 282 g/mol. The molecule has 1 aliphatic carbocycles. The Bertz CT molecular complexity index is 440. The van der Waals surface area contributed by atoms with Gasteiger partial charge in [-0.3, -0.25) is 4.79 Å². The van der Waals surface area contributed by atoms with E-state index in [4.69, 9.17) is 0 Å². The van der Waals surface area contributed by atoms with Crippen LogP contribution < -0.4 is 10.9 Å². The molecule has 94 valence electrons. The van der Waals surface area contributed by atoms with E-state index < -0.39 is 0 Å². The van der Waals surface area contributed by atoms with E-state index in [1.54, 1.807) is 17.0 Å². The van der Waals surface area contributed by atoms with Gasteiger partial charge < -0.3 is 9.88 Å². The first-order valence-corrected chi connectivity index (χ1v) is 6.97. The molecule has 17 heavy (non-hydrogen) atoms. The summed E-state index contributed by atoms with van der Waals surface area (Å²) in [5.41, 5.74) is 0.00377. The van der Waals surface area contributed by atoms with Crippen molar-refractivity contribution in [1.82, 2.24) is 9.55 Å². The van der Waals surface area contributed by atoms with Crippen LogP contribution in [0.15, 0.2) is 17.2 Å². The fourth-order valence-corrected chi connectivity index (χ4v) is 2.50. The molecular formula is C12H18BrN3O. The SMILES string of the molecule is CC(Br)CC(C)Nc1nccn(C2CC2)c1=O. The molecule has 1 aromatic heterocycles. The van der Waals surface area contributed by atoms with Crippen molar-refractivity contribution in [3.05, 3.63) is 22.7 Å². The van der Waals surface area contributed by atoms with Crippen LogP contribution in [0.1, 0.15) is 39.2 Å². The Morgan fingerprint density at radius 2 is 2.29 bits per heavy atom. The monoisotopic (exact) mass is 299 g/mol. The molecule has 1 fully saturated rings. The van der Waals surface area contributed by atoms with E-state index in [0.29, 0.717) is 16.7 Å². The quantitative estimate of drug-likeness (QED) is 0.850. The maximum Gasteiger partial charge on any atom is 0.293 e. The summed E-state index contributed by atoms with van der Waals surface area (Å²) in [5.74, 6) is 0.472. The highest BCUT2D eigenvalue weighted by Gasteiger charge is 2.25. The van der Waals surface area contributed by atoms with Crippen molar-refractivity contribution in [1.29, 1.82) is 0 Å². The number of hydrogen-bond acceptors (Lipinski definition) is 3. The average Bonchev–Trinajstić information content (AvgIpc) is 3.03. The smallest absolute Gasteiger partial charge is 0.293 e. The first-order valence-electron chi connectivity index (χ1n) is 6.05. The molecule has 5 heteroatoms. The van der Waals surface area contributed by atoms with Gasteiger partial charge in [-0.25, -0.2) is 4.98 Å². The Hall–Kier alpha value is -0.840. The highest BCUT2D eigenvalue weighted by Crippen LogP contribution is 2.33. The molecule has 4 nitrogen and oxygen atoms in total. The van der Waals surface area contributed by atoms with Gasteiger partial charge in [0.25, 0.3) is 5.56 Å². The number of nitrogens with one attached hydrogen (secondary N) is 1. The predicted octanol–water partition coefficient (Wildman–Crippen LogP) is 2.55. The maximum absolute atomic E-state index is 12.1. The van der Waals surface area contributed by atoms with Gasteiger partial charge in [-0.15, -0.1) is 0 Å². The van der Waals surface area contributed by atoms with Gasteiger partial charge >= 0.3 is 0 Å². The van der Waals surface area contributed by atoms with Gasteiger partial charge in [0, 0.05) is 29.3 Å². The summed E-state index contributed by atoms with van der Waals surface area (Å²) in [6, 6.07) is 0.635. The summed E-state index contributed by atoms with van der Waals surface area (Å²) in [4.78, 5) is 16.7. The molecule has 0 radical (unpaired) electrons. The lowest BCUT2D eigenvalue weighted by Crippen LogP contribution is -2.28. The van der Waals surface area contributed by atoms with Gasteiger partial charge in [0.15, 0.2) is 5.82 Å². The molecule has 1 saturated carbocycles. The second kappa shape index (κ2) is 5.21. The zero-order chi connectivity index (χ0) is 12.4. The largest absolute Gasteiger partial charge is 0.363 e. The van der Waals surface area contributed by atoms with E-state index in [1.165, 1.54) is 0 Å². The van der Waals surface area contributed by atoms with Crippen LogP contribution in [0.5, 0.6) is 0 Å². The predicted molar refractivity (Wildman–Crippen MR) is 72.9 cm³/mol. The first kappa shape index (κ1) is 12.6. The van der Waals surface area contributed by atoms with E-state index in [0.717, 1.165) is 19.3 Å². The minimum atomic E-state index is 0.00377. The number of alkyl halides is 1. The summed E-state index contributed by atoms with van der Waals surface area (Å²) in [7, 11) is 0. The standard InChI is InChI=1S/C12H18BrN3O/c1-8(13)7-9(2)15-11-12(17)16(6-5-14-11)10-3-4-10/h5-6,8-10H,3-4,7H2,1-2H3,(H,14,15). The van der Waals surface area contributed by atoms with Gasteiger partial charge in [0.2, 0.25) is 0 Å². The van der Waals surface area contributed by atoms with Crippen LogP contribution in [0.3, 0.4) is 0 Å². The molecule has 2 rings (SSSR count).